The lowest BCUT2D eigenvalue weighted by atomic mass is 9.80. The van der Waals surface area contributed by atoms with Gasteiger partial charge in [0.15, 0.2) is 0 Å². The van der Waals surface area contributed by atoms with Crippen LogP contribution in [0, 0.1) is 25.7 Å². The summed E-state index contributed by atoms with van der Waals surface area (Å²) in [6.07, 6.45) is 9.34. The molecule has 2 unspecified atom stereocenters. The van der Waals surface area contributed by atoms with Crippen LogP contribution in [0.5, 0.6) is 0 Å². The second-order valence-corrected chi connectivity index (χ2v) is 10.7. The zero-order valence-corrected chi connectivity index (χ0v) is 21.0. The highest BCUT2D eigenvalue weighted by Gasteiger charge is 2.30. The summed E-state index contributed by atoms with van der Waals surface area (Å²) in [6.45, 7) is 5.44. The molecule has 0 spiro atoms. The van der Waals surface area contributed by atoms with Gasteiger partial charge in [0.2, 0.25) is 11.8 Å². The Balaban J connectivity index is 1.26. The van der Waals surface area contributed by atoms with Crippen molar-refractivity contribution in [2.75, 3.05) is 13.1 Å². The number of hydrogen-bond donors (Lipinski definition) is 2. The molecule has 2 atom stereocenters. The van der Waals surface area contributed by atoms with Gasteiger partial charge < -0.3 is 10.6 Å². The van der Waals surface area contributed by atoms with E-state index >= 15 is 0 Å². The topological polar surface area (TPSA) is 84.0 Å². The number of carbonyl (C=O) groups is 2. The lowest BCUT2D eigenvalue weighted by Gasteiger charge is -2.27. The zero-order chi connectivity index (χ0) is 22.8. The number of aryl methyl sites for hydroxylation is 4. The molecule has 176 valence electrons. The Morgan fingerprint density at radius 2 is 1.31 bits per heavy atom. The molecule has 2 amide bonds. The van der Waals surface area contributed by atoms with E-state index in [0.29, 0.717) is 19.5 Å². The van der Waals surface area contributed by atoms with Crippen LogP contribution in [-0.4, -0.2) is 34.9 Å². The Kier molecular flexibility index (Phi) is 10.1. The van der Waals surface area contributed by atoms with E-state index in [4.69, 9.17) is 0 Å². The third kappa shape index (κ3) is 8.28. The number of carbonyl (C=O) groups excluding carboxylic acids is 2. The van der Waals surface area contributed by atoms with Gasteiger partial charge in [-0.25, -0.2) is 9.97 Å². The van der Waals surface area contributed by atoms with Crippen LogP contribution >= 0.6 is 22.7 Å². The van der Waals surface area contributed by atoms with Gasteiger partial charge in [0.05, 0.1) is 10.0 Å². The van der Waals surface area contributed by atoms with Crippen molar-refractivity contribution >= 4 is 34.5 Å². The standard InChI is InChI=1S/C24H36N4O2S2/c1-17-15-31-21(27-17)10-3-5-12-25-23(29)19-8-7-9-20(14-19)24(30)26-13-6-4-11-22-28-18(2)16-32-22/h15-16,19-20H,3-14H2,1-2H3,(H,25,29)(H,26,30). The Labute approximate surface area is 199 Å². The number of unbranched alkanes of at least 4 members (excludes halogenated alkanes) is 2. The number of thiazole rings is 2. The van der Waals surface area contributed by atoms with Crippen LogP contribution in [0.2, 0.25) is 0 Å². The highest BCUT2D eigenvalue weighted by Crippen LogP contribution is 2.29. The molecule has 2 aromatic rings. The van der Waals surface area contributed by atoms with E-state index in [2.05, 4.69) is 31.4 Å². The largest absolute Gasteiger partial charge is 0.356 e. The van der Waals surface area contributed by atoms with Crippen molar-refractivity contribution in [2.24, 2.45) is 11.8 Å². The highest BCUT2D eigenvalue weighted by atomic mass is 32.1. The van der Waals surface area contributed by atoms with E-state index in [1.54, 1.807) is 22.7 Å². The minimum Gasteiger partial charge on any atom is -0.356 e. The van der Waals surface area contributed by atoms with Crippen LogP contribution in [0.3, 0.4) is 0 Å². The summed E-state index contributed by atoms with van der Waals surface area (Å²) in [4.78, 5) is 34.1. The summed E-state index contributed by atoms with van der Waals surface area (Å²) in [5.74, 6) is 0.168. The molecular weight excluding hydrogens is 440 g/mol. The fraction of sp³-hybridized carbons (Fsp3) is 0.667. The second kappa shape index (κ2) is 13.0. The molecule has 1 aliphatic rings. The van der Waals surface area contributed by atoms with E-state index in [1.165, 1.54) is 10.0 Å². The molecule has 3 rings (SSSR count). The van der Waals surface area contributed by atoms with Crippen LogP contribution in [0.4, 0.5) is 0 Å². The minimum absolute atomic E-state index is 0.0331. The lowest BCUT2D eigenvalue weighted by molar-refractivity contribution is -0.130. The molecule has 0 bridgehead atoms. The summed E-state index contributed by atoms with van der Waals surface area (Å²) in [5, 5.41) is 12.7. The molecule has 0 radical (unpaired) electrons. The molecule has 0 saturated heterocycles. The minimum atomic E-state index is -0.0331. The average molecular weight is 477 g/mol. The summed E-state index contributed by atoms with van der Waals surface area (Å²) >= 11 is 3.42. The van der Waals surface area contributed by atoms with E-state index < -0.39 is 0 Å². The van der Waals surface area contributed by atoms with Crippen LogP contribution in [0.15, 0.2) is 10.8 Å². The maximum atomic E-state index is 12.6. The van der Waals surface area contributed by atoms with Crippen molar-refractivity contribution in [3.63, 3.8) is 0 Å². The predicted molar refractivity (Wildman–Crippen MR) is 131 cm³/mol. The third-order valence-electron chi connectivity index (χ3n) is 5.98. The van der Waals surface area contributed by atoms with E-state index in [0.717, 1.165) is 69.2 Å². The first-order valence-electron chi connectivity index (χ1n) is 11.9. The lowest BCUT2D eigenvalue weighted by Crippen LogP contribution is -2.39. The third-order valence-corrected chi connectivity index (χ3v) is 8.04. The molecule has 2 N–H and O–H groups in total. The van der Waals surface area contributed by atoms with E-state index in [-0.39, 0.29) is 23.7 Å². The van der Waals surface area contributed by atoms with Gasteiger partial charge in [0.25, 0.3) is 0 Å². The van der Waals surface area contributed by atoms with Crippen molar-refractivity contribution in [3.8, 4) is 0 Å². The Morgan fingerprint density at radius 1 is 0.844 bits per heavy atom. The van der Waals surface area contributed by atoms with Gasteiger partial charge in [-0.15, -0.1) is 22.7 Å². The number of rotatable bonds is 12. The van der Waals surface area contributed by atoms with Gasteiger partial charge >= 0.3 is 0 Å². The quantitative estimate of drug-likeness (QED) is 0.439. The number of hydrogen-bond acceptors (Lipinski definition) is 6. The van der Waals surface area contributed by atoms with E-state index in [1.807, 2.05) is 13.8 Å². The normalized spacial score (nSPS) is 18.4. The summed E-state index contributed by atoms with van der Waals surface area (Å²) in [5.41, 5.74) is 2.17. The monoisotopic (exact) mass is 476 g/mol. The number of aromatic nitrogens is 2. The van der Waals surface area contributed by atoms with Crippen molar-refractivity contribution in [3.05, 3.63) is 32.2 Å². The van der Waals surface area contributed by atoms with E-state index in [9.17, 15) is 9.59 Å². The van der Waals surface area contributed by atoms with Gasteiger partial charge in [-0.2, -0.15) is 0 Å². The maximum Gasteiger partial charge on any atom is 0.223 e. The van der Waals surface area contributed by atoms with Gasteiger partial charge in [-0.1, -0.05) is 6.42 Å². The molecular formula is C24H36N4O2S2. The first kappa shape index (κ1) is 24.8. The van der Waals surface area contributed by atoms with Gasteiger partial charge in [-0.3, -0.25) is 9.59 Å². The fourth-order valence-electron chi connectivity index (χ4n) is 4.22. The number of nitrogens with zero attached hydrogens (tertiary/aromatic N) is 2. The first-order valence-corrected chi connectivity index (χ1v) is 13.6. The molecule has 6 nitrogen and oxygen atoms in total. The van der Waals surface area contributed by atoms with Crippen LogP contribution in [-0.2, 0) is 22.4 Å². The van der Waals surface area contributed by atoms with Gasteiger partial charge in [0, 0.05) is 47.1 Å². The number of amides is 2. The summed E-state index contributed by atoms with van der Waals surface area (Å²) < 4.78 is 0. The Morgan fingerprint density at radius 3 is 1.72 bits per heavy atom. The van der Waals surface area contributed by atoms with Crippen LogP contribution in [0.1, 0.15) is 72.8 Å². The highest BCUT2D eigenvalue weighted by molar-refractivity contribution is 7.09. The Bertz CT molecular complexity index is 796. The van der Waals surface area contributed by atoms with Crippen molar-refractivity contribution in [2.45, 2.75) is 78.1 Å². The van der Waals surface area contributed by atoms with Gasteiger partial charge in [0.1, 0.15) is 0 Å². The molecule has 0 aliphatic heterocycles. The number of nitrogens with one attached hydrogen (secondary N) is 2. The molecule has 2 heterocycles. The predicted octanol–water partition coefficient (Wildman–Crippen LogP) is 4.60. The maximum absolute atomic E-state index is 12.6. The van der Waals surface area contributed by atoms with Crippen molar-refractivity contribution in [1.82, 2.24) is 20.6 Å². The second-order valence-electron chi connectivity index (χ2n) is 8.82. The SMILES string of the molecule is Cc1csc(CCCCNC(=O)C2CCCC(C(=O)NCCCCc3nc(C)cs3)C2)n1. The molecule has 8 heteroatoms. The smallest absolute Gasteiger partial charge is 0.223 e. The molecule has 1 fully saturated rings. The first-order chi connectivity index (χ1) is 15.5. The van der Waals surface area contributed by atoms with Crippen molar-refractivity contribution < 1.29 is 9.59 Å². The van der Waals surface area contributed by atoms with Crippen LogP contribution < -0.4 is 10.6 Å². The Hall–Kier alpha value is -1.80. The molecule has 2 aromatic heterocycles. The molecule has 0 aromatic carbocycles. The van der Waals surface area contributed by atoms with Crippen LogP contribution in [0.25, 0.3) is 0 Å². The molecule has 1 aliphatic carbocycles. The molecule has 32 heavy (non-hydrogen) atoms. The average Bonchev–Trinajstić information content (AvgIpc) is 3.40. The zero-order valence-electron chi connectivity index (χ0n) is 19.3. The molecule has 1 saturated carbocycles. The summed E-state index contributed by atoms with van der Waals surface area (Å²) in [6, 6.07) is 0. The fourth-order valence-corrected chi connectivity index (χ4v) is 5.85. The summed E-state index contributed by atoms with van der Waals surface area (Å²) in [7, 11) is 0. The van der Waals surface area contributed by atoms with Gasteiger partial charge in [-0.05, 0) is 71.6 Å². The van der Waals surface area contributed by atoms with Crippen molar-refractivity contribution in [1.29, 1.82) is 0 Å².